The van der Waals surface area contributed by atoms with Crippen LogP contribution in [0.3, 0.4) is 0 Å². The van der Waals surface area contributed by atoms with Crippen LogP contribution in [0, 0.1) is 0 Å². The molecule has 0 radical (unpaired) electrons. The van der Waals surface area contributed by atoms with Gasteiger partial charge in [-0.2, -0.15) is 0 Å². The van der Waals surface area contributed by atoms with Crippen molar-refractivity contribution in [2.24, 2.45) is 0 Å². The molecule has 0 amide bonds. The van der Waals surface area contributed by atoms with E-state index >= 15 is 0 Å². The van der Waals surface area contributed by atoms with Crippen molar-refractivity contribution >= 4 is 7.14 Å². The molecule has 0 bridgehead atoms. The minimum atomic E-state index is -2.16. The number of unbranched alkanes of at least 4 members (excludes halogenated alkanes) is 20. The Kier molecular flexibility index (Phi) is 24.5. The molecule has 0 aromatic carbocycles. The quantitative estimate of drug-likeness (QED) is 0.100. The first kappa shape index (κ1) is 32.2. The second kappa shape index (κ2) is 24.3. The van der Waals surface area contributed by atoms with Gasteiger partial charge in [0.2, 0.25) is 0 Å². The van der Waals surface area contributed by atoms with Crippen LogP contribution in [0.5, 0.6) is 0 Å². The van der Waals surface area contributed by atoms with Gasteiger partial charge in [-0.25, -0.2) is 0 Å². The van der Waals surface area contributed by atoms with Crippen molar-refractivity contribution in [3.05, 3.63) is 0 Å². The lowest BCUT2D eigenvalue weighted by Crippen LogP contribution is -2.13. The Bertz CT molecular complexity index is 410. The van der Waals surface area contributed by atoms with Crippen LogP contribution in [0.4, 0.5) is 0 Å². The lowest BCUT2D eigenvalue weighted by atomic mass is 10.0. The predicted octanol–water partition coefficient (Wildman–Crippen LogP) is 10.4. The van der Waals surface area contributed by atoms with E-state index in [0.717, 1.165) is 25.4 Å². The van der Waals surface area contributed by atoms with Gasteiger partial charge in [0.05, 0.1) is 13.2 Å². The number of aliphatic hydroxyl groups excluding tert-OH is 1. The third-order valence-corrected chi connectivity index (χ3v) is 9.43. The first-order valence-corrected chi connectivity index (χ1v) is 17.3. The van der Waals surface area contributed by atoms with Gasteiger partial charge in [0.25, 0.3) is 0 Å². The van der Waals surface area contributed by atoms with Crippen molar-refractivity contribution in [3.8, 4) is 0 Å². The van der Waals surface area contributed by atoms with E-state index in [9.17, 15) is 9.67 Å². The largest absolute Gasteiger partial charge is 0.393 e. The number of hydrogen-bond acceptors (Lipinski definition) is 2. The number of rotatable bonds is 26. The average molecular weight is 473 g/mol. The number of aliphatic hydroxyl groups is 1. The topological polar surface area (TPSA) is 37.3 Å². The zero-order valence-corrected chi connectivity index (χ0v) is 23.5. The maximum Gasteiger partial charge on any atom is 0.0873 e. The zero-order chi connectivity index (χ0) is 23.8. The van der Waals surface area contributed by atoms with Crippen LogP contribution in [-0.4, -0.2) is 30.2 Å². The lowest BCUT2D eigenvalue weighted by molar-refractivity contribution is 0.182. The van der Waals surface area contributed by atoms with Crippen LogP contribution < -0.4 is 0 Å². The van der Waals surface area contributed by atoms with Crippen molar-refractivity contribution in [2.75, 3.05) is 19.0 Å². The Morgan fingerprint density at radius 2 is 0.844 bits per heavy atom. The van der Waals surface area contributed by atoms with E-state index in [-0.39, 0.29) is 6.10 Å². The minimum Gasteiger partial charge on any atom is -0.393 e. The van der Waals surface area contributed by atoms with Gasteiger partial charge in [-0.05, 0) is 19.5 Å². The van der Waals surface area contributed by atoms with Crippen LogP contribution in [0.25, 0.3) is 0 Å². The highest BCUT2D eigenvalue weighted by molar-refractivity contribution is 7.63. The van der Waals surface area contributed by atoms with Gasteiger partial charge in [-0.3, -0.25) is 0 Å². The van der Waals surface area contributed by atoms with Crippen molar-refractivity contribution in [3.63, 3.8) is 0 Å². The molecule has 194 valence electrons. The van der Waals surface area contributed by atoms with E-state index < -0.39 is 7.14 Å². The van der Waals surface area contributed by atoms with Crippen LogP contribution in [-0.2, 0) is 4.57 Å². The molecule has 0 rings (SSSR count). The molecule has 32 heavy (non-hydrogen) atoms. The maximum atomic E-state index is 12.8. The van der Waals surface area contributed by atoms with Crippen LogP contribution in [0.15, 0.2) is 0 Å². The van der Waals surface area contributed by atoms with Gasteiger partial charge in [0.1, 0.15) is 0 Å². The average Bonchev–Trinajstić information content (AvgIpc) is 2.75. The highest BCUT2D eigenvalue weighted by atomic mass is 31.2. The van der Waals surface area contributed by atoms with E-state index in [0.29, 0.717) is 6.16 Å². The summed E-state index contributed by atoms with van der Waals surface area (Å²) in [4.78, 5) is 0. The van der Waals surface area contributed by atoms with Gasteiger partial charge in [-0.1, -0.05) is 149 Å². The fraction of sp³-hybridized carbons (Fsp3) is 1.00. The minimum absolute atomic E-state index is 0.349. The molecule has 0 aromatic heterocycles. The molecule has 0 fully saturated rings. The second-order valence-electron chi connectivity index (χ2n) is 10.7. The highest BCUT2D eigenvalue weighted by Gasteiger charge is 2.19. The summed E-state index contributed by atoms with van der Waals surface area (Å²) in [5.74, 6) is 0. The first-order valence-electron chi connectivity index (χ1n) is 14.8. The Balaban J connectivity index is 3.44. The molecule has 0 aliphatic carbocycles. The zero-order valence-electron chi connectivity index (χ0n) is 22.6. The Morgan fingerprint density at radius 1 is 0.531 bits per heavy atom. The molecule has 2 nitrogen and oxygen atoms in total. The van der Waals surface area contributed by atoms with Gasteiger partial charge in [0, 0.05) is 12.3 Å². The van der Waals surface area contributed by atoms with Crippen molar-refractivity contribution in [2.45, 2.75) is 168 Å². The summed E-state index contributed by atoms with van der Waals surface area (Å²) in [6, 6.07) is 0. The first-order chi connectivity index (χ1) is 15.5. The molecule has 0 saturated carbocycles. The molecule has 0 aromatic rings. The molecular weight excluding hydrogens is 411 g/mol. The number of hydrogen-bond donors (Lipinski definition) is 1. The summed E-state index contributed by atoms with van der Waals surface area (Å²) in [6.07, 6.45) is 31.2. The summed E-state index contributed by atoms with van der Waals surface area (Å²) in [7, 11) is -2.16. The molecule has 2 atom stereocenters. The summed E-state index contributed by atoms with van der Waals surface area (Å²) in [6.45, 7) is 6.46. The SMILES string of the molecule is CCCCCCCCCCCCCCCCP(C)(=O)CC(O)CCCCCCCCCC. The Labute approximate surface area is 203 Å². The van der Waals surface area contributed by atoms with Crippen LogP contribution in [0.2, 0.25) is 0 Å². The molecule has 3 heteroatoms. The molecule has 2 unspecified atom stereocenters. The summed E-state index contributed by atoms with van der Waals surface area (Å²) < 4.78 is 12.8. The van der Waals surface area contributed by atoms with Gasteiger partial charge >= 0.3 is 0 Å². The van der Waals surface area contributed by atoms with E-state index in [1.165, 1.54) is 128 Å². The Hall–Kier alpha value is 0.190. The normalized spacial score (nSPS) is 14.5. The molecule has 0 saturated heterocycles. The van der Waals surface area contributed by atoms with Gasteiger partial charge in [0.15, 0.2) is 0 Å². The fourth-order valence-electron chi connectivity index (χ4n) is 4.78. The third-order valence-electron chi connectivity index (χ3n) is 6.97. The summed E-state index contributed by atoms with van der Waals surface area (Å²) >= 11 is 0. The molecule has 0 heterocycles. The molecule has 0 aliphatic heterocycles. The monoisotopic (exact) mass is 472 g/mol. The lowest BCUT2D eigenvalue weighted by Gasteiger charge is -2.17. The van der Waals surface area contributed by atoms with Crippen molar-refractivity contribution in [1.29, 1.82) is 0 Å². The summed E-state index contributed by atoms with van der Waals surface area (Å²) in [5.41, 5.74) is 0. The fourth-order valence-corrected chi connectivity index (χ4v) is 6.93. The van der Waals surface area contributed by atoms with E-state index in [1.807, 2.05) is 6.66 Å². The smallest absolute Gasteiger partial charge is 0.0873 e. The predicted molar refractivity (Wildman–Crippen MR) is 147 cm³/mol. The molecule has 0 spiro atoms. The van der Waals surface area contributed by atoms with Gasteiger partial charge in [-0.15, -0.1) is 0 Å². The van der Waals surface area contributed by atoms with Crippen molar-refractivity contribution < 1.29 is 9.67 Å². The maximum absolute atomic E-state index is 12.8. The molecule has 1 N–H and O–H groups in total. The standard InChI is InChI=1S/C29H61O2P/c1-4-6-8-10-12-14-15-16-17-18-19-21-23-25-27-32(3,31)28-29(30)26-24-22-20-13-11-9-7-5-2/h29-30H,4-28H2,1-3H3. The highest BCUT2D eigenvalue weighted by Crippen LogP contribution is 2.43. The summed E-state index contributed by atoms with van der Waals surface area (Å²) in [5, 5.41) is 10.3. The van der Waals surface area contributed by atoms with E-state index in [1.54, 1.807) is 0 Å². The van der Waals surface area contributed by atoms with Gasteiger partial charge < -0.3 is 9.67 Å². The van der Waals surface area contributed by atoms with Crippen LogP contribution >= 0.6 is 7.14 Å². The van der Waals surface area contributed by atoms with Crippen LogP contribution in [0.1, 0.15) is 162 Å². The van der Waals surface area contributed by atoms with Crippen molar-refractivity contribution in [1.82, 2.24) is 0 Å². The second-order valence-corrected chi connectivity index (χ2v) is 14.1. The van der Waals surface area contributed by atoms with E-state index in [2.05, 4.69) is 13.8 Å². The molecular formula is C29H61O2P. The third kappa shape index (κ3) is 24.8. The molecule has 0 aliphatic rings. The Morgan fingerprint density at radius 3 is 1.22 bits per heavy atom. The van der Waals surface area contributed by atoms with E-state index in [4.69, 9.17) is 0 Å².